The molecule has 10 heavy (non-hydrogen) atoms. The molecule has 5 nitrogen and oxygen atoms in total. The summed E-state index contributed by atoms with van der Waals surface area (Å²) in [6.07, 6.45) is 1.90. The first kappa shape index (κ1) is 7.23. The van der Waals surface area contributed by atoms with E-state index < -0.39 is 21.3 Å². The van der Waals surface area contributed by atoms with E-state index in [0.29, 0.717) is 0 Å². The van der Waals surface area contributed by atoms with E-state index in [0.717, 1.165) is 12.3 Å². The van der Waals surface area contributed by atoms with E-state index in [-0.39, 0.29) is 0 Å². The summed E-state index contributed by atoms with van der Waals surface area (Å²) >= 11 is 0. The number of hydrogen-bond donors (Lipinski definition) is 1. The fraction of sp³-hybridized carbons (Fsp3) is 0.250. The summed E-state index contributed by atoms with van der Waals surface area (Å²) < 4.78 is 32.9. The van der Waals surface area contributed by atoms with Crippen molar-refractivity contribution in [1.82, 2.24) is 0 Å². The maximum absolute atomic E-state index is 10.4. The van der Waals surface area contributed by atoms with Crippen LogP contribution in [0.3, 0.4) is 0 Å². The fourth-order valence-corrected chi connectivity index (χ4v) is 1.11. The van der Waals surface area contributed by atoms with E-state index in [4.69, 9.17) is 4.55 Å². The van der Waals surface area contributed by atoms with Crippen molar-refractivity contribution in [2.24, 2.45) is 0 Å². The average Bonchev–Trinajstić information content (AvgIpc) is 2.11. The first-order valence-corrected chi connectivity index (χ1v) is 3.85. The van der Waals surface area contributed by atoms with E-state index in [1.165, 1.54) is 0 Å². The van der Waals surface area contributed by atoms with E-state index in [2.05, 4.69) is 4.74 Å². The Morgan fingerprint density at radius 1 is 1.60 bits per heavy atom. The van der Waals surface area contributed by atoms with Crippen molar-refractivity contribution in [1.29, 1.82) is 0 Å². The van der Waals surface area contributed by atoms with Crippen LogP contribution in [0.5, 0.6) is 0 Å². The molecule has 1 heterocycles. The zero-order chi connectivity index (χ0) is 7.78. The molecule has 0 amide bonds. The highest BCUT2D eigenvalue weighted by Crippen LogP contribution is 2.09. The molecule has 1 atom stereocenters. The van der Waals surface area contributed by atoms with Crippen LogP contribution in [-0.4, -0.2) is 24.2 Å². The maximum Gasteiger partial charge on any atom is 0.335 e. The number of rotatable bonds is 1. The lowest BCUT2D eigenvalue weighted by molar-refractivity contribution is -0.135. The standard InChI is InChI=1S/C4H4O5S/c5-4-3(1-2-9-4)10(6,7)8/h1-3H,(H,6,7,8). The highest BCUT2D eigenvalue weighted by atomic mass is 32.2. The first-order chi connectivity index (χ1) is 4.52. The van der Waals surface area contributed by atoms with Crippen molar-refractivity contribution >= 4 is 16.1 Å². The lowest BCUT2D eigenvalue weighted by Crippen LogP contribution is -2.24. The van der Waals surface area contributed by atoms with Crippen LogP contribution in [0.1, 0.15) is 0 Å². The van der Waals surface area contributed by atoms with Gasteiger partial charge >= 0.3 is 5.97 Å². The monoisotopic (exact) mass is 164 g/mol. The van der Waals surface area contributed by atoms with Gasteiger partial charge in [-0.15, -0.1) is 0 Å². The molecule has 1 N–H and O–H groups in total. The summed E-state index contributed by atoms with van der Waals surface area (Å²) in [4.78, 5) is 10.4. The zero-order valence-corrected chi connectivity index (χ0v) is 5.54. The van der Waals surface area contributed by atoms with E-state index in [1.807, 2.05) is 0 Å². The van der Waals surface area contributed by atoms with Crippen LogP contribution in [0.25, 0.3) is 0 Å². The molecular weight excluding hydrogens is 160 g/mol. The van der Waals surface area contributed by atoms with Gasteiger partial charge in [-0.1, -0.05) is 0 Å². The van der Waals surface area contributed by atoms with E-state index in [9.17, 15) is 13.2 Å². The Hall–Kier alpha value is -0.880. The maximum atomic E-state index is 10.4. The highest BCUT2D eigenvalue weighted by molar-refractivity contribution is 7.87. The van der Waals surface area contributed by atoms with Gasteiger partial charge in [0.05, 0.1) is 6.26 Å². The van der Waals surface area contributed by atoms with Gasteiger partial charge < -0.3 is 4.74 Å². The van der Waals surface area contributed by atoms with Gasteiger partial charge in [0.2, 0.25) is 5.25 Å². The van der Waals surface area contributed by atoms with Gasteiger partial charge in [-0.2, -0.15) is 8.42 Å². The smallest absolute Gasteiger partial charge is 0.335 e. The zero-order valence-electron chi connectivity index (χ0n) is 4.72. The summed E-state index contributed by atoms with van der Waals surface area (Å²) in [7, 11) is -4.31. The molecule has 0 bridgehead atoms. The third-order valence-corrected chi connectivity index (χ3v) is 1.98. The van der Waals surface area contributed by atoms with Gasteiger partial charge in [0.1, 0.15) is 0 Å². The minimum atomic E-state index is -4.31. The topological polar surface area (TPSA) is 80.7 Å². The second-order valence-electron chi connectivity index (χ2n) is 1.70. The average molecular weight is 164 g/mol. The minimum absolute atomic E-state index is 0.931. The van der Waals surface area contributed by atoms with Gasteiger partial charge in [0.15, 0.2) is 0 Å². The second kappa shape index (κ2) is 2.06. The molecule has 0 saturated heterocycles. The van der Waals surface area contributed by atoms with Crippen LogP contribution in [-0.2, 0) is 19.6 Å². The highest BCUT2D eigenvalue weighted by Gasteiger charge is 2.33. The number of hydrogen-bond acceptors (Lipinski definition) is 4. The Morgan fingerprint density at radius 2 is 2.20 bits per heavy atom. The summed E-state index contributed by atoms with van der Waals surface area (Å²) in [6, 6.07) is 0. The molecule has 56 valence electrons. The Labute approximate surface area is 57.0 Å². The molecule has 0 aromatic rings. The minimum Gasteiger partial charge on any atom is -0.434 e. The summed E-state index contributed by atoms with van der Waals surface area (Å²) in [5, 5.41) is -1.53. The van der Waals surface area contributed by atoms with Gasteiger partial charge in [-0.25, -0.2) is 4.79 Å². The molecule has 0 spiro atoms. The molecule has 1 aliphatic heterocycles. The van der Waals surface area contributed by atoms with Gasteiger partial charge in [0, 0.05) is 0 Å². The number of carbonyl (C=O) groups excluding carboxylic acids is 1. The van der Waals surface area contributed by atoms with Crippen LogP contribution in [0, 0.1) is 0 Å². The lowest BCUT2D eigenvalue weighted by Gasteiger charge is -1.97. The van der Waals surface area contributed by atoms with E-state index >= 15 is 0 Å². The molecule has 0 fully saturated rings. The number of carbonyl (C=O) groups is 1. The van der Waals surface area contributed by atoms with Crippen molar-refractivity contribution in [3.8, 4) is 0 Å². The van der Waals surface area contributed by atoms with Crippen molar-refractivity contribution in [2.45, 2.75) is 5.25 Å². The SMILES string of the molecule is O=C1OC=CC1S(=O)(=O)O. The van der Waals surface area contributed by atoms with Crippen LogP contribution in [0.2, 0.25) is 0 Å². The Morgan fingerprint density at radius 3 is 2.40 bits per heavy atom. The molecule has 0 saturated carbocycles. The molecule has 6 heteroatoms. The molecule has 0 aromatic carbocycles. The summed E-state index contributed by atoms with van der Waals surface area (Å²) in [5.41, 5.74) is 0. The van der Waals surface area contributed by atoms with Crippen LogP contribution in [0.15, 0.2) is 12.3 Å². The van der Waals surface area contributed by atoms with Gasteiger partial charge in [0.25, 0.3) is 10.1 Å². The third kappa shape index (κ3) is 1.17. The van der Waals surface area contributed by atoms with Crippen molar-refractivity contribution < 1.29 is 22.5 Å². The van der Waals surface area contributed by atoms with Crippen molar-refractivity contribution in [3.63, 3.8) is 0 Å². The molecule has 0 aromatic heterocycles. The van der Waals surface area contributed by atoms with Crippen molar-refractivity contribution in [2.75, 3.05) is 0 Å². The normalized spacial score (nSPS) is 24.9. The van der Waals surface area contributed by atoms with Crippen LogP contribution in [0.4, 0.5) is 0 Å². The van der Waals surface area contributed by atoms with Crippen LogP contribution < -0.4 is 0 Å². The summed E-state index contributed by atoms with van der Waals surface area (Å²) in [5.74, 6) is -0.970. The first-order valence-electron chi connectivity index (χ1n) is 2.35. The van der Waals surface area contributed by atoms with Gasteiger partial charge in [-0.3, -0.25) is 4.55 Å². The Kier molecular flexibility index (Phi) is 1.49. The predicted octanol–water partition coefficient (Wildman–Crippen LogP) is -0.687. The largest absolute Gasteiger partial charge is 0.434 e. The predicted molar refractivity (Wildman–Crippen MR) is 30.6 cm³/mol. The Bertz CT molecular complexity index is 274. The number of cyclic esters (lactones) is 1. The lowest BCUT2D eigenvalue weighted by atomic mass is 10.5. The number of esters is 1. The van der Waals surface area contributed by atoms with E-state index in [1.54, 1.807) is 0 Å². The van der Waals surface area contributed by atoms with Crippen LogP contribution >= 0.6 is 0 Å². The molecule has 0 aliphatic carbocycles. The molecule has 1 rings (SSSR count). The molecule has 1 unspecified atom stereocenters. The second-order valence-corrected chi connectivity index (χ2v) is 3.24. The van der Waals surface area contributed by atoms with Crippen molar-refractivity contribution in [3.05, 3.63) is 12.3 Å². The summed E-state index contributed by atoms with van der Waals surface area (Å²) in [6.45, 7) is 0. The quantitative estimate of drug-likeness (QED) is 0.410. The molecular formula is C4H4O5S. The number of ether oxygens (including phenoxy) is 1. The fourth-order valence-electron chi connectivity index (χ4n) is 0.544. The third-order valence-electron chi connectivity index (χ3n) is 0.991. The molecule has 0 radical (unpaired) electrons. The Balaban J connectivity index is 2.95. The molecule has 1 aliphatic rings. The van der Waals surface area contributed by atoms with Gasteiger partial charge in [-0.05, 0) is 6.08 Å².